The third-order valence-corrected chi connectivity index (χ3v) is 3.79. The molecule has 0 radical (unpaired) electrons. The monoisotopic (exact) mass is 247 g/mol. The molecule has 1 rings (SSSR count). The van der Waals surface area contributed by atoms with Crippen LogP contribution in [0.2, 0.25) is 5.02 Å². The van der Waals surface area contributed by atoms with E-state index in [4.69, 9.17) is 17.3 Å². The third kappa shape index (κ3) is 3.37. The maximum atomic E-state index is 13.3. The number of benzene rings is 1. The largest absolute Gasteiger partial charge is 0.329 e. The van der Waals surface area contributed by atoms with Crippen molar-refractivity contribution in [2.45, 2.75) is 30.4 Å². The van der Waals surface area contributed by atoms with Gasteiger partial charge in [-0.05, 0) is 38.5 Å². The van der Waals surface area contributed by atoms with Gasteiger partial charge in [0.15, 0.2) is 0 Å². The fraction of sp³-hybridized carbons (Fsp3) is 0.455. The zero-order valence-electron chi connectivity index (χ0n) is 9.10. The topological polar surface area (TPSA) is 26.0 Å². The van der Waals surface area contributed by atoms with Gasteiger partial charge in [-0.3, -0.25) is 0 Å². The fourth-order valence-corrected chi connectivity index (χ4v) is 2.38. The summed E-state index contributed by atoms with van der Waals surface area (Å²) in [7, 11) is 0. The van der Waals surface area contributed by atoms with Crippen LogP contribution in [0, 0.1) is 12.7 Å². The minimum atomic E-state index is -0.227. The Kier molecular flexibility index (Phi) is 4.04. The number of hydrogen-bond acceptors (Lipinski definition) is 2. The Bertz CT molecular complexity index is 366. The second-order valence-electron chi connectivity index (χ2n) is 4.10. The van der Waals surface area contributed by atoms with Crippen molar-refractivity contribution in [3.63, 3.8) is 0 Å². The molecule has 0 atom stereocenters. The SMILES string of the molecule is Cc1cc(Cl)c(SC(C)(C)CN)cc1F. The normalized spacial score (nSPS) is 11.9. The summed E-state index contributed by atoms with van der Waals surface area (Å²) in [5.41, 5.74) is 6.18. The van der Waals surface area contributed by atoms with Crippen molar-refractivity contribution in [2.24, 2.45) is 5.73 Å². The van der Waals surface area contributed by atoms with Gasteiger partial charge < -0.3 is 5.73 Å². The lowest BCUT2D eigenvalue weighted by atomic mass is 10.2. The fourth-order valence-electron chi connectivity index (χ4n) is 1.05. The van der Waals surface area contributed by atoms with Gasteiger partial charge >= 0.3 is 0 Å². The highest BCUT2D eigenvalue weighted by Crippen LogP contribution is 2.37. The van der Waals surface area contributed by atoms with Crippen LogP contribution in [0.4, 0.5) is 4.39 Å². The second-order valence-corrected chi connectivity index (χ2v) is 6.25. The minimum Gasteiger partial charge on any atom is -0.329 e. The van der Waals surface area contributed by atoms with Gasteiger partial charge in [-0.1, -0.05) is 11.6 Å². The Morgan fingerprint density at radius 1 is 1.47 bits per heavy atom. The van der Waals surface area contributed by atoms with Crippen LogP contribution < -0.4 is 5.73 Å². The molecule has 0 spiro atoms. The Hall–Kier alpha value is -0.250. The van der Waals surface area contributed by atoms with Crippen LogP contribution in [-0.2, 0) is 0 Å². The summed E-state index contributed by atoms with van der Waals surface area (Å²) in [4.78, 5) is 0.746. The van der Waals surface area contributed by atoms with Crippen molar-refractivity contribution in [2.75, 3.05) is 6.54 Å². The molecule has 84 valence electrons. The van der Waals surface area contributed by atoms with Gasteiger partial charge in [0.05, 0.1) is 5.02 Å². The number of nitrogens with two attached hydrogens (primary N) is 1. The highest BCUT2D eigenvalue weighted by atomic mass is 35.5. The first-order valence-corrected chi connectivity index (χ1v) is 5.90. The van der Waals surface area contributed by atoms with E-state index in [1.54, 1.807) is 13.0 Å². The first-order chi connectivity index (χ1) is 6.85. The van der Waals surface area contributed by atoms with Crippen LogP contribution in [0.1, 0.15) is 19.4 Å². The molecule has 0 aliphatic heterocycles. The molecule has 1 aromatic carbocycles. The van der Waals surface area contributed by atoms with Crippen LogP contribution in [0.25, 0.3) is 0 Å². The van der Waals surface area contributed by atoms with E-state index >= 15 is 0 Å². The molecule has 1 aromatic rings. The van der Waals surface area contributed by atoms with Crippen LogP contribution in [0.3, 0.4) is 0 Å². The number of aryl methyl sites for hydroxylation is 1. The molecular weight excluding hydrogens is 233 g/mol. The van der Waals surface area contributed by atoms with Gasteiger partial charge in [0, 0.05) is 16.2 Å². The van der Waals surface area contributed by atoms with Gasteiger partial charge in [0.25, 0.3) is 0 Å². The summed E-state index contributed by atoms with van der Waals surface area (Å²) in [5.74, 6) is -0.227. The van der Waals surface area contributed by atoms with Crippen LogP contribution in [-0.4, -0.2) is 11.3 Å². The Labute approximate surface area is 99.2 Å². The number of halogens is 2. The average molecular weight is 248 g/mol. The molecule has 0 aromatic heterocycles. The molecule has 0 fully saturated rings. The van der Waals surface area contributed by atoms with E-state index in [0.717, 1.165) is 4.90 Å². The van der Waals surface area contributed by atoms with E-state index in [2.05, 4.69) is 0 Å². The van der Waals surface area contributed by atoms with Gasteiger partial charge in [-0.15, -0.1) is 11.8 Å². The summed E-state index contributed by atoms with van der Waals surface area (Å²) < 4.78 is 13.2. The molecule has 0 unspecified atom stereocenters. The smallest absolute Gasteiger partial charge is 0.127 e. The number of thioether (sulfide) groups is 1. The van der Waals surface area contributed by atoms with Gasteiger partial charge in [-0.25, -0.2) is 4.39 Å². The van der Waals surface area contributed by atoms with Gasteiger partial charge in [0.1, 0.15) is 5.82 Å². The van der Waals surface area contributed by atoms with E-state index in [1.165, 1.54) is 17.8 Å². The molecule has 0 bridgehead atoms. The molecular formula is C11H15ClFNS. The number of rotatable bonds is 3. The zero-order chi connectivity index (χ0) is 11.6. The summed E-state index contributed by atoms with van der Waals surface area (Å²) in [6, 6.07) is 3.12. The molecule has 15 heavy (non-hydrogen) atoms. The lowest BCUT2D eigenvalue weighted by molar-refractivity contribution is 0.614. The Balaban J connectivity index is 3.01. The van der Waals surface area contributed by atoms with E-state index in [1.807, 2.05) is 13.8 Å². The van der Waals surface area contributed by atoms with Gasteiger partial charge in [-0.2, -0.15) is 0 Å². The van der Waals surface area contributed by atoms with Crippen LogP contribution in [0.5, 0.6) is 0 Å². The van der Waals surface area contributed by atoms with Gasteiger partial charge in [0.2, 0.25) is 0 Å². The van der Waals surface area contributed by atoms with Crippen LogP contribution in [0.15, 0.2) is 17.0 Å². The standard InChI is InChI=1S/C11H15ClFNS/c1-7-4-8(12)10(5-9(7)13)15-11(2,3)6-14/h4-5H,6,14H2,1-3H3. The molecule has 0 heterocycles. The van der Waals surface area contributed by atoms with Crippen molar-refractivity contribution in [1.82, 2.24) is 0 Å². The lowest BCUT2D eigenvalue weighted by Crippen LogP contribution is -2.26. The maximum Gasteiger partial charge on any atom is 0.127 e. The van der Waals surface area contributed by atoms with Crippen molar-refractivity contribution in [3.8, 4) is 0 Å². The Morgan fingerprint density at radius 3 is 2.60 bits per heavy atom. The van der Waals surface area contributed by atoms with Crippen molar-refractivity contribution < 1.29 is 4.39 Å². The molecule has 4 heteroatoms. The highest BCUT2D eigenvalue weighted by molar-refractivity contribution is 8.00. The summed E-state index contributed by atoms with van der Waals surface area (Å²) in [6.45, 7) is 6.23. The van der Waals surface area contributed by atoms with Crippen LogP contribution >= 0.6 is 23.4 Å². The number of hydrogen-bond donors (Lipinski definition) is 1. The molecule has 0 aliphatic rings. The predicted octanol–water partition coefficient (Wildman–Crippen LogP) is 3.62. The average Bonchev–Trinajstić information content (AvgIpc) is 2.14. The van der Waals surface area contributed by atoms with Crippen molar-refractivity contribution in [1.29, 1.82) is 0 Å². The Morgan fingerprint density at radius 2 is 2.07 bits per heavy atom. The molecule has 0 saturated heterocycles. The highest BCUT2D eigenvalue weighted by Gasteiger charge is 2.19. The van der Waals surface area contributed by atoms with E-state index in [-0.39, 0.29) is 10.6 Å². The van der Waals surface area contributed by atoms with E-state index < -0.39 is 0 Å². The molecule has 1 nitrogen and oxygen atoms in total. The summed E-state index contributed by atoms with van der Waals surface area (Å²) >= 11 is 7.53. The zero-order valence-corrected chi connectivity index (χ0v) is 10.7. The maximum absolute atomic E-state index is 13.3. The first-order valence-electron chi connectivity index (χ1n) is 4.70. The predicted molar refractivity (Wildman–Crippen MR) is 65.1 cm³/mol. The van der Waals surface area contributed by atoms with Crippen molar-refractivity contribution >= 4 is 23.4 Å². The quantitative estimate of drug-likeness (QED) is 0.826. The summed E-state index contributed by atoms with van der Waals surface area (Å²) in [6.07, 6.45) is 0. The van der Waals surface area contributed by atoms with Crippen molar-refractivity contribution in [3.05, 3.63) is 28.5 Å². The molecule has 0 aliphatic carbocycles. The molecule has 0 saturated carbocycles. The second kappa shape index (κ2) is 4.73. The summed E-state index contributed by atoms with van der Waals surface area (Å²) in [5, 5.41) is 0.584. The molecule has 2 N–H and O–H groups in total. The van der Waals surface area contributed by atoms with E-state index in [0.29, 0.717) is 17.1 Å². The first kappa shape index (κ1) is 12.8. The third-order valence-electron chi connectivity index (χ3n) is 2.09. The lowest BCUT2D eigenvalue weighted by Gasteiger charge is -2.22. The molecule has 0 amide bonds. The van der Waals surface area contributed by atoms with E-state index in [9.17, 15) is 4.39 Å². The minimum absolute atomic E-state index is 0.134.